The van der Waals surface area contributed by atoms with Gasteiger partial charge in [-0.15, -0.1) is 0 Å². The van der Waals surface area contributed by atoms with Gasteiger partial charge in [-0.05, 0) is 37.1 Å². The van der Waals surface area contributed by atoms with Gasteiger partial charge in [0.05, 0.1) is 11.6 Å². The van der Waals surface area contributed by atoms with Gasteiger partial charge in [-0.3, -0.25) is 0 Å². The van der Waals surface area contributed by atoms with Crippen LogP contribution in [0.25, 0.3) is 0 Å². The van der Waals surface area contributed by atoms with Crippen LogP contribution in [0.1, 0.15) is 24.8 Å². The maximum absolute atomic E-state index is 8.70. The summed E-state index contributed by atoms with van der Waals surface area (Å²) in [6.45, 7) is 2.44. The highest BCUT2D eigenvalue weighted by Crippen LogP contribution is 2.49. The molecule has 76 valence electrons. The lowest BCUT2D eigenvalue weighted by molar-refractivity contribution is 0.0904. The van der Waals surface area contributed by atoms with Gasteiger partial charge in [-0.1, -0.05) is 6.42 Å². The molecule has 2 fully saturated rings. The number of rotatable bonds is 1. The van der Waals surface area contributed by atoms with E-state index in [9.17, 15) is 0 Å². The molecule has 0 unspecified atom stereocenters. The molecule has 1 saturated carbocycles. The third kappa shape index (κ3) is 1.31. The van der Waals surface area contributed by atoms with E-state index in [1.807, 2.05) is 12.1 Å². The highest BCUT2D eigenvalue weighted by atomic mass is 15.2. The topological polar surface area (TPSA) is 27.0 Å². The van der Waals surface area contributed by atoms with E-state index >= 15 is 0 Å². The van der Waals surface area contributed by atoms with Gasteiger partial charge in [0, 0.05) is 24.2 Å². The summed E-state index contributed by atoms with van der Waals surface area (Å²) in [5.74, 6) is 0. The second kappa shape index (κ2) is 3.00. The van der Waals surface area contributed by atoms with Gasteiger partial charge in [0.2, 0.25) is 0 Å². The van der Waals surface area contributed by atoms with E-state index in [0.717, 1.165) is 5.56 Å². The van der Waals surface area contributed by atoms with Crippen molar-refractivity contribution in [3.8, 4) is 6.07 Å². The number of hydrogen-bond acceptors (Lipinski definition) is 2. The molecule has 1 aromatic rings. The van der Waals surface area contributed by atoms with Crippen molar-refractivity contribution < 1.29 is 0 Å². The molecular formula is C13H14N2. The van der Waals surface area contributed by atoms with Crippen LogP contribution in [0.15, 0.2) is 24.3 Å². The molecule has 1 aromatic carbocycles. The summed E-state index contributed by atoms with van der Waals surface area (Å²) in [7, 11) is 0. The van der Waals surface area contributed by atoms with Crippen molar-refractivity contribution >= 4 is 5.69 Å². The van der Waals surface area contributed by atoms with E-state index < -0.39 is 0 Å². The highest BCUT2D eigenvalue weighted by molar-refractivity contribution is 5.52. The molecule has 0 atom stereocenters. The summed E-state index contributed by atoms with van der Waals surface area (Å²) in [4.78, 5) is 2.42. The van der Waals surface area contributed by atoms with Crippen molar-refractivity contribution in [2.45, 2.75) is 19.3 Å². The van der Waals surface area contributed by atoms with Gasteiger partial charge in [0.1, 0.15) is 0 Å². The van der Waals surface area contributed by atoms with Crippen LogP contribution in [0, 0.1) is 16.7 Å². The molecule has 1 spiro atoms. The second-order valence-electron chi connectivity index (χ2n) is 4.87. The Morgan fingerprint density at radius 3 is 2.27 bits per heavy atom. The number of nitrogens with zero attached hydrogens (tertiary/aromatic N) is 2. The van der Waals surface area contributed by atoms with Crippen LogP contribution in [0.2, 0.25) is 0 Å². The SMILES string of the molecule is N#Cc1ccc(N2CC3(CCC3)C2)cc1. The molecule has 3 rings (SSSR count). The van der Waals surface area contributed by atoms with Crippen LogP contribution in [0.3, 0.4) is 0 Å². The molecule has 0 aromatic heterocycles. The fourth-order valence-corrected chi connectivity index (χ4v) is 2.69. The molecule has 1 saturated heterocycles. The Morgan fingerprint density at radius 2 is 1.80 bits per heavy atom. The Balaban J connectivity index is 1.70. The first-order valence-corrected chi connectivity index (χ1v) is 5.57. The number of anilines is 1. The van der Waals surface area contributed by atoms with Crippen molar-refractivity contribution in [1.29, 1.82) is 5.26 Å². The molecule has 0 amide bonds. The predicted octanol–water partition coefficient (Wildman–Crippen LogP) is 2.55. The molecule has 2 nitrogen and oxygen atoms in total. The van der Waals surface area contributed by atoms with E-state index in [1.54, 1.807) is 0 Å². The van der Waals surface area contributed by atoms with Crippen LogP contribution in [-0.4, -0.2) is 13.1 Å². The zero-order valence-electron chi connectivity index (χ0n) is 8.74. The molecule has 2 aliphatic rings. The summed E-state index contributed by atoms with van der Waals surface area (Å²) < 4.78 is 0. The predicted molar refractivity (Wildman–Crippen MR) is 59.7 cm³/mol. The average Bonchev–Trinajstić information content (AvgIpc) is 2.14. The maximum Gasteiger partial charge on any atom is 0.0991 e. The molecule has 1 heterocycles. The Morgan fingerprint density at radius 1 is 1.13 bits per heavy atom. The Hall–Kier alpha value is -1.49. The molecule has 15 heavy (non-hydrogen) atoms. The maximum atomic E-state index is 8.70. The van der Waals surface area contributed by atoms with Crippen molar-refractivity contribution in [3.63, 3.8) is 0 Å². The van der Waals surface area contributed by atoms with Gasteiger partial charge in [-0.25, -0.2) is 0 Å². The van der Waals surface area contributed by atoms with Crippen LogP contribution >= 0.6 is 0 Å². The van der Waals surface area contributed by atoms with Crippen LogP contribution in [-0.2, 0) is 0 Å². The van der Waals surface area contributed by atoms with Crippen LogP contribution in [0.5, 0.6) is 0 Å². The first-order valence-electron chi connectivity index (χ1n) is 5.57. The monoisotopic (exact) mass is 198 g/mol. The van der Waals surface area contributed by atoms with Crippen LogP contribution in [0.4, 0.5) is 5.69 Å². The molecule has 0 bridgehead atoms. The average molecular weight is 198 g/mol. The summed E-state index contributed by atoms with van der Waals surface area (Å²) in [5.41, 5.74) is 2.69. The fourth-order valence-electron chi connectivity index (χ4n) is 2.69. The van der Waals surface area contributed by atoms with E-state index in [2.05, 4.69) is 23.1 Å². The Labute approximate surface area is 90.1 Å². The Kier molecular flexibility index (Phi) is 1.76. The van der Waals surface area contributed by atoms with E-state index in [0.29, 0.717) is 5.41 Å². The lowest BCUT2D eigenvalue weighted by Gasteiger charge is -2.57. The molecule has 1 aliphatic heterocycles. The first kappa shape index (κ1) is 8.79. The minimum absolute atomic E-state index is 0.675. The third-order valence-electron chi connectivity index (χ3n) is 3.83. The van der Waals surface area contributed by atoms with Gasteiger partial charge in [-0.2, -0.15) is 5.26 Å². The van der Waals surface area contributed by atoms with E-state index in [-0.39, 0.29) is 0 Å². The number of hydrogen-bond donors (Lipinski definition) is 0. The van der Waals surface area contributed by atoms with Crippen molar-refractivity contribution in [2.75, 3.05) is 18.0 Å². The third-order valence-corrected chi connectivity index (χ3v) is 3.83. The first-order chi connectivity index (χ1) is 7.31. The molecule has 2 heteroatoms. The van der Waals surface area contributed by atoms with Crippen molar-refractivity contribution in [1.82, 2.24) is 0 Å². The van der Waals surface area contributed by atoms with Crippen molar-refractivity contribution in [3.05, 3.63) is 29.8 Å². The van der Waals surface area contributed by atoms with E-state index in [1.165, 1.54) is 38.0 Å². The summed E-state index contributed by atoms with van der Waals surface area (Å²) >= 11 is 0. The molecule has 0 radical (unpaired) electrons. The fraction of sp³-hybridized carbons (Fsp3) is 0.462. The van der Waals surface area contributed by atoms with Gasteiger partial charge >= 0.3 is 0 Å². The normalized spacial score (nSPS) is 21.7. The quantitative estimate of drug-likeness (QED) is 0.693. The second-order valence-corrected chi connectivity index (χ2v) is 4.87. The lowest BCUT2D eigenvalue weighted by atomic mass is 9.63. The van der Waals surface area contributed by atoms with Crippen molar-refractivity contribution in [2.24, 2.45) is 5.41 Å². The number of nitriles is 1. The van der Waals surface area contributed by atoms with Gasteiger partial charge in [0.25, 0.3) is 0 Å². The highest BCUT2D eigenvalue weighted by Gasteiger charge is 2.47. The van der Waals surface area contributed by atoms with Gasteiger partial charge in [0.15, 0.2) is 0 Å². The summed E-state index contributed by atoms with van der Waals surface area (Å²) in [5, 5.41) is 8.70. The zero-order chi connectivity index (χ0) is 10.3. The van der Waals surface area contributed by atoms with E-state index in [4.69, 9.17) is 5.26 Å². The summed E-state index contributed by atoms with van der Waals surface area (Å²) in [6.07, 6.45) is 4.25. The number of benzene rings is 1. The Bertz CT molecular complexity index is 401. The minimum Gasteiger partial charge on any atom is -0.370 e. The smallest absolute Gasteiger partial charge is 0.0991 e. The molecule has 1 aliphatic carbocycles. The standard InChI is InChI=1S/C13H14N2/c14-8-11-2-4-12(5-3-11)15-9-13(10-15)6-1-7-13/h2-5H,1,6-7,9-10H2. The minimum atomic E-state index is 0.675. The zero-order valence-corrected chi connectivity index (χ0v) is 8.74. The van der Waals surface area contributed by atoms with Gasteiger partial charge < -0.3 is 4.90 Å². The van der Waals surface area contributed by atoms with Crippen LogP contribution < -0.4 is 4.90 Å². The summed E-state index contributed by atoms with van der Waals surface area (Å²) in [6, 6.07) is 10.1. The lowest BCUT2D eigenvalue weighted by Crippen LogP contribution is -2.59. The molecular weight excluding hydrogens is 184 g/mol. The largest absolute Gasteiger partial charge is 0.370 e. The molecule has 0 N–H and O–H groups in total.